The number of alkyl carbamates (subject to hydrolysis) is 1. The van der Waals surface area contributed by atoms with Gasteiger partial charge in [-0.25, -0.2) is 19.6 Å². The van der Waals surface area contributed by atoms with Gasteiger partial charge in [-0.15, -0.1) is 0 Å². The van der Waals surface area contributed by atoms with Crippen LogP contribution in [-0.2, 0) is 14.3 Å². The van der Waals surface area contributed by atoms with Crippen molar-refractivity contribution >= 4 is 29.8 Å². The van der Waals surface area contributed by atoms with E-state index in [1.165, 1.54) is 7.11 Å². The Labute approximate surface area is 176 Å². The summed E-state index contributed by atoms with van der Waals surface area (Å²) >= 11 is 0. The molecule has 0 aliphatic heterocycles. The number of aromatic nitrogens is 2. The van der Waals surface area contributed by atoms with Gasteiger partial charge in [0.15, 0.2) is 0 Å². The lowest BCUT2D eigenvalue weighted by atomic mass is 10.1. The van der Waals surface area contributed by atoms with Gasteiger partial charge in [-0.1, -0.05) is 24.3 Å². The Hall–Kier alpha value is -3.42. The first-order valence-corrected chi connectivity index (χ1v) is 9.54. The molecule has 8 nitrogen and oxygen atoms in total. The van der Waals surface area contributed by atoms with Crippen LogP contribution in [0.4, 0.5) is 16.4 Å². The summed E-state index contributed by atoms with van der Waals surface area (Å²) in [5.74, 6) is 0.0697. The monoisotopic (exact) mass is 412 g/mol. The number of hydrogen-bond donors (Lipinski definition) is 1. The van der Waals surface area contributed by atoms with E-state index >= 15 is 0 Å². The average molecular weight is 412 g/mol. The summed E-state index contributed by atoms with van der Waals surface area (Å²) in [5.41, 5.74) is 1.24. The predicted molar refractivity (Wildman–Crippen MR) is 115 cm³/mol. The smallest absolute Gasteiger partial charge is 0.408 e. The second kappa shape index (κ2) is 10.4. The van der Waals surface area contributed by atoms with Crippen molar-refractivity contribution in [3.8, 4) is 0 Å². The van der Waals surface area contributed by atoms with Crippen LogP contribution in [0.15, 0.2) is 48.8 Å². The topological polar surface area (TPSA) is 93.6 Å². The van der Waals surface area contributed by atoms with Crippen LogP contribution in [0.25, 0.3) is 6.08 Å². The molecule has 0 saturated carbocycles. The Balaban J connectivity index is 1.99. The van der Waals surface area contributed by atoms with Crippen LogP contribution in [0.1, 0.15) is 32.8 Å². The minimum absolute atomic E-state index is 0.269. The Morgan fingerprint density at radius 2 is 1.80 bits per heavy atom. The van der Waals surface area contributed by atoms with Gasteiger partial charge in [0, 0.05) is 25.1 Å². The summed E-state index contributed by atoms with van der Waals surface area (Å²) in [6.07, 6.45) is 6.67. The molecule has 2 rings (SSSR count). The third-order valence-corrected chi connectivity index (χ3v) is 3.99. The van der Waals surface area contributed by atoms with Gasteiger partial charge in [-0.3, -0.25) is 0 Å². The van der Waals surface area contributed by atoms with E-state index in [4.69, 9.17) is 9.47 Å². The maximum atomic E-state index is 12.0. The lowest BCUT2D eigenvalue weighted by Crippen LogP contribution is -2.43. The summed E-state index contributed by atoms with van der Waals surface area (Å²) in [6.45, 7) is 5.26. The first-order valence-electron chi connectivity index (χ1n) is 9.54. The molecule has 0 saturated heterocycles. The third kappa shape index (κ3) is 7.20. The summed E-state index contributed by atoms with van der Waals surface area (Å²) < 4.78 is 9.97. The highest BCUT2D eigenvalue weighted by Gasteiger charge is 2.23. The SMILES string of the molecule is COC(=O)C(C/C=C/c1ccc(N(C)c2ncccn2)cc1)NC(=O)OC(C)(C)C. The van der Waals surface area contributed by atoms with Crippen molar-refractivity contribution in [2.24, 2.45) is 0 Å². The number of nitrogens with zero attached hydrogens (tertiary/aromatic N) is 3. The number of carbonyl (C=O) groups is 2. The Kier molecular flexibility index (Phi) is 7.91. The van der Waals surface area contributed by atoms with Gasteiger partial charge in [0.05, 0.1) is 7.11 Å². The van der Waals surface area contributed by atoms with Crippen LogP contribution in [-0.4, -0.2) is 47.8 Å². The van der Waals surface area contributed by atoms with Crippen molar-refractivity contribution in [3.63, 3.8) is 0 Å². The molecular formula is C22H28N4O4. The molecule has 0 radical (unpaired) electrons. The fourth-order valence-corrected chi connectivity index (χ4v) is 2.54. The summed E-state index contributed by atoms with van der Waals surface area (Å²) in [4.78, 5) is 34.3. The highest BCUT2D eigenvalue weighted by atomic mass is 16.6. The number of methoxy groups -OCH3 is 1. The minimum Gasteiger partial charge on any atom is -0.467 e. The number of amides is 1. The number of rotatable bonds is 7. The zero-order valence-electron chi connectivity index (χ0n) is 18.0. The molecule has 1 unspecified atom stereocenters. The second-order valence-corrected chi connectivity index (χ2v) is 7.56. The number of nitrogens with one attached hydrogen (secondary N) is 1. The molecule has 160 valence electrons. The first kappa shape index (κ1) is 22.9. The maximum Gasteiger partial charge on any atom is 0.408 e. The van der Waals surface area contributed by atoms with Crippen molar-refractivity contribution in [2.75, 3.05) is 19.1 Å². The van der Waals surface area contributed by atoms with Gasteiger partial charge < -0.3 is 19.7 Å². The van der Waals surface area contributed by atoms with Gasteiger partial charge in [-0.2, -0.15) is 0 Å². The quantitative estimate of drug-likeness (QED) is 0.693. The van der Waals surface area contributed by atoms with Crippen molar-refractivity contribution < 1.29 is 19.1 Å². The van der Waals surface area contributed by atoms with E-state index in [1.807, 2.05) is 42.3 Å². The molecule has 0 aliphatic carbocycles. The molecule has 1 N–H and O–H groups in total. The molecule has 0 aliphatic rings. The molecule has 0 bridgehead atoms. The third-order valence-electron chi connectivity index (χ3n) is 3.99. The molecule has 1 amide bonds. The van der Waals surface area contributed by atoms with E-state index in [0.29, 0.717) is 5.95 Å². The summed E-state index contributed by atoms with van der Waals surface area (Å²) in [5, 5.41) is 2.55. The van der Waals surface area contributed by atoms with Crippen LogP contribution in [0, 0.1) is 0 Å². The number of anilines is 2. The fraction of sp³-hybridized carbons (Fsp3) is 0.364. The van der Waals surface area contributed by atoms with Crippen LogP contribution in [0.2, 0.25) is 0 Å². The molecule has 2 aromatic rings. The van der Waals surface area contributed by atoms with Crippen molar-refractivity contribution in [1.82, 2.24) is 15.3 Å². The van der Waals surface area contributed by atoms with Crippen molar-refractivity contribution in [1.29, 1.82) is 0 Å². The maximum absolute atomic E-state index is 12.0. The van der Waals surface area contributed by atoms with Crippen LogP contribution in [0.3, 0.4) is 0 Å². The highest BCUT2D eigenvalue weighted by molar-refractivity contribution is 5.81. The van der Waals surface area contributed by atoms with Crippen LogP contribution >= 0.6 is 0 Å². The second-order valence-electron chi connectivity index (χ2n) is 7.56. The van der Waals surface area contributed by atoms with Crippen LogP contribution in [0.5, 0.6) is 0 Å². The fourth-order valence-electron chi connectivity index (χ4n) is 2.54. The van der Waals surface area contributed by atoms with E-state index in [2.05, 4.69) is 15.3 Å². The van der Waals surface area contributed by atoms with Gasteiger partial charge in [0.2, 0.25) is 5.95 Å². The zero-order chi connectivity index (χ0) is 22.1. The molecule has 1 heterocycles. The van der Waals surface area contributed by atoms with Crippen molar-refractivity contribution in [2.45, 2.75) is 38.8 Å². The van der Waals surface area contributed by atoms with E-state index in [9.17, 15) is 9.59 Å². The number of carbonyl (C=O) groups excluding carboxylic acids is 2. The van der Waals surface area contributed by atoms with E-state index in [-0.39, 0.29) is 6.42 Å². The van der Waals surface area contributed by atoms with Gasteiger partial charge in [-0.05, 0) is 51.0 Å². The Bertz CT molecular complexity index is 861. The van der Waals surface area contributed by atoms with E-state index < -0.39 is 23.7 Å². The number of ether oxygens (including phenoxy) is 2. The van der Waals surface area contributed by atoms with Gasteiger partial charge in [0.25, 0.3) is 0 Å². The molecular weight excluding hydrogens is 384 g/mol. The highest BCUT2D eigenvalue weighted by Crippen LogP contribution is 2.20. The molecule has 1 atom stereocenters. The van der Waals surface area contributed by atoms with Gasteiger partial charge >= 0.3 is 12.1 Å². The molecule has 30 heavy (non-hydrogen) atoms. The number of hydrogen-bond acceptors (Lipinski definition) is 7. The van der Waals surface area contributed by atoms with Crippen LogP contribution < -0.4 is 10.2 Å². The molecule has 0 fully saturated rings. The van der Waals surface area contributed by atoms with E-state index in [0.717, 1.165) is 11.3 Å². The number of esters is 1. The normalized spacial score (nSPS) is 12.3. The summed E-state index contributed by atoms with van der Waals surface area (Å²) in [6, 6.07) is 8.73. The lowest BCUT2D eigenvalue weighted by Gasteiger charge is -2.22. The van der Waals surface area contributed by atoms with Crippen molar-refractivity contribution in [3.05, 3.63) is 54.4 Å². The molecule has 1 aromatic carbocycles. The standard InChI is InChI=1S/C22H28N4O4/c1-22(2,3)30-21(28)25-18(19(27)29-5)9-6-8-16-10-12-17(13-11-16)26(4)20-23-14-7-15-24-20/h6-8,10-15,18H,9H2,1-5H3,(H,25,28)/b8-6+. The Morgan fingerprint density at radius 3 is 2.37 bits per heavy atom. The number of benzene rings is 1. The first-order chi connectivity index (χ1) is 14.2. The van der Waals surface area contributed by atoms with E-state index in [1.54, 1.807) is 45.3 Å². The zero-order valence-corrected chi connectivity index (χ0v) is 18.0. The summed E-state index contributed by atoms with van der Waals surface area (Å²) in [7, 11) is 3.17. The lowest BCUT2D eigenvalue weighted by molar-refractivity contribution is -0.143. The minimum atomic E-state index is -0.832. The molecule has 1 aromatic heterocycles. The predicted octanol–water partition coefficient (Wildman–Crippen LogP) is 3.71. The van der Waals surface area contributed by atoms with Gasteiger partial charge in [0.1, 0.15) is 11.6 Å². The largest absolute Gasteiger partial charge is 0.467 e. The average Bonchev–Trinajstić information content (AvgIpc) is 2.71. The molecule has 0 spiro atoms. The molecule has 8 heteroatoms. The Morgan fingerprint density at radius 1 is 1.17 bits per heavy atom.